The van der Waals surface area contributed by atoms with Crippen LogP contribution in [0, 0.1) is 5.92 Å². The third kappa shape index (κ3) is 2.39. The number of pyridine rings is 1. The van der Waals surface area contributed by atoms with Gasteiger partial charge in [0.15, 0.2) is 0 Å². The fourth-order valence-corrected chi connectivity index (χ4v) is 2.80. The van der Waals surface area contributed by atoms with Crippen molar-refractivity contribution < 1.29 is 0 Å². The molecule has 0 spiro atoms. The van der Waals surface area contributed by atoms with Gasteiger partial charge in [0.25, 0.3) is 0 Å². The first-order valence-corrected chi connectivity index (χ1v) is 6.82. The van der Waals surface area contributed by atoms with Crippen LogP contribution >= 0.6 is 0 Å². The minimum atomic E-state index is 0.410. The zero-order valence-corrected chi connectivity index (χ0v) is 11.5. The first-order chi connectivity index (χ1) is 8.81. The summed E-state index contributed by atoms with van der Waals surface area (Å²) in [6.45, 7) is 4.53. The molecule has 2 rings (SSSR count). The molecule has 96 valence electrons. The summed E-state index contributed by atoms with van der Waals surface area (Å²) in [6.07, 6.45) is 4.24. The lowest BCUT2D eigenvalue weighted by atomic mass is 9.87. The quantitative estimate of drug-likeness (QED) is 0.859. The predicted molar refractivity (Wildman–Crippen MR) is 77.6 cm³/mol. The molecule has 0 saturated heterocycles. The number of hydrogen-bond acceptors (Lipinski definition) is 2. The molecule has 1 unspecified atom stereocenters. The summed E-state index contributed by atoms with van der Waals surface area (Å²) in [7, 11) is 2.05. The smallest absolute Gasteiger partial charge is 0.0705 e. The van der Waals surface area contributed by atoms with Gasteiger partial charge in [0.2, 0.25) is 0 Å². The van der Waals surface area contributed by atoms with Crippen LogP contribution in [0.25, 0.3) is 10.9 Å². The molecular weight excluding hydrogens is 220 g/mol. The van der Waals surface area contributed by atoms with Crippen LogP contribution in [0.2, 0.25) is 0 Å². The second kappa shape index (κ2) is 5.96. The van der Waals surface area contributed by atoms with E-state index >= 15 is 0 Å². The van der Waals surface area contributed by atoms with Crippen molar-refractivity contribution in [3.05, 3.63) is 42.1 Å². The molecule has 0 saturated carbocycles. The molecule has 18 heavy (non-hydrogen) atoms. The maximum atomic E-state index is 4.44. The minimum absolute atomic E-state index is 0.410. The van der Waals surface area contributed by atoms with Crippen molar-refractivity contribution in [2.24, 2.45) is 5.92 Å². The second-order valence-electron chi connectivity index (χ2n) is 4.76. The molecular formula is C16H22N2. The molecule has 0 aliphatic carbocycles. The summed E-state index contributed by atoms with van der Waals surface area (Å²) in [5.41, 5.74) is 2.46. The molecule has 0 amide bonds. The zero-order chi connectivity index (χ0) is 13.0. The van der Waals surface area contributed by atoms with E-state index in [4.69, 9.17) is 0 Å². The SMILES string of the molecule is CCC(CC)C(NC)c1cccc2ncccc12. The summed E-state index contributed by atoms with van der Waals surface area (Å²) in [4.78, 5) is 4.44. The second-order valence-corrected chi connectivity index (χ2v) is 4.76. The third-order valence-corrected chi connectivity index (χ3v) is 3.85. The lowest BCUT2D eigenvalue weighted by Crippen LogP contribution is -2.24. The van der Waals surface area contributed by atoms with Gasteiger partial charge in [-0.05, 0) is 30.7 Å². The van der Waals surface area contributed by atoms with E-state index in [1.807, 2.05) is 12.3 Å². The van der Waals surface area contributed by atoms with E-state index in [0.29, 0.717) is 12.0 Å². The first-order valence-electron chi connectivity index (χ1n) is 6.82. The fourth-order valence-electron chi connectivity index (χ4n) is 2.80. The number of benzene rings is 1. The van der Waals surface area contributed by atoms with E-state index in [2.05, 4.69) is 55.5 Å². The van der Waals surface area contributed by atoms with E-state index in [1.54, 1.807) is 0 Å². The summed E-state index contributed by atoms with van der Waals surface area (Å²) >= 11 is 0. The number of rotatable bonds is 5. The van der Waals surface area contributed by atoms with E-state index in [1.165, 1.54) is 23.8 Å². The molecule has 0 bridgehead atoms. The highest BCUT2D eigenvalue weighted by molar-refractivity contribution is 5.82. The Hall–Kier alpha value is -1.41. The summed E-state index contributed by atoms with van der Waals surface area (Å²) in [5.74, 6) is 0.667. The molecule has 1 N–H and O–H groups in total. The van der Waals surface area contributed by atoms with Crippen LogP contribution in [0.4, 0.5) is 0 Å². The molecule has 1 aromatic carbocycles. The van der Waals surface area contributed by atoms with Crippen molar-refractivity contribution in [2.75, 3.05) is 7.05 Å². The summed E-state index contributed by atoms with van der Waals surface area (Å²) in [6, 6.07) is 11.0. The molecule has 1 aromatic heterocycles. The Morgan fingerprint density at radius 1 is 1.11 bits per heavy atom. The highest BCUT2D eigenvalue weighted by Gasteiger charge is 2.20. The Kier molecular flexibility index (Phi) is 4.32. The van der Waals surface area contributed by atoms with Crippen molar-refractivity contribution >= 4 is 10.9 Å². The first kappa shape index (κ1) is 13.0. The zero-order valence-electron chi connectivity index (χ0n) is 11.5. The average Bonchev–Trinajstić information content (AvgIpc) is 2.44. The number of nitrogens with zero attached hydrogens (tertiary/aromatic N) is 1. The molecule has 0 radical (unpaired) electrons. The van der Waals surface area contributed by atoms with Gasteiger partial charge in [-0.15, -0.1) is 0 Å². The van der Waals surface area contributed by atoms with Gasteiger partial charge in [0.05, 0.1) is 5.52 Å². The van der Waals surface area contributed by atoms with Crippen molar-refractivity contribution in [3.8, 4) is 0 Å². The van der Waals surface area contributed by atoms with Gasteiger partial charge in [0.1, 0.15) is 0 Å². The number of fused-ring (bicyclic) bond motifs is 1. The highest BCUT2D eigenvalue weighted by atomic mass is 14.9. The third-order valence-electron chi connectivity index (χ3n) is 3.85. The monoisotopic (exact) mass is 242 g/mol. The molecule has 2 heteroatoms. The normalized spacial score (nSPS) is 13.1. The van der Waals surface area contributed by atoms with Crippen LogP contribution in [-0.4, -0.2) is 12.0 Å². The van der Waals surface area contributed by atoms with Gasteiger partial charge in [-0.3, -0.25) is 4.98 Å². The van der Waals surface area contributed by atoms with Gasteiger partial charge in [-0.25, -0.2) is 0 Å². The van der Waals surface area contributed by atoms with Crippen molar-refractivity contribution in [1.29, 1.82) is 0 Å². The van der Waals surface area contributed by atoms with E-state index < -0.39 is 0 Å². The average molecular weight is 242 g/mol. The Bertz CT molecular complexity index is 498. The maximum absolute atomic E-state index is 4.44. The Morgan fingerprint density at radius 2 is 1.89 bits per heavy atom. The standard InChI is InChI=1S/C16H22N2/c1-4-12(5-2)16(17-3)14-8-6-10-15-13(14)9-7-11-18-15/h6-12,16-17H,4-5H2,1-3H3. The molecule has 0 aliphatic rings. The van der Waals surface area contributed by atoms with Crippen LogP contribution in [0.3, 0.4) is 0 Å². The molecule has 0 aliphatic heterocycles. The van der Waals surface area contributed by atoms with Crippen LogP contribution in [0.1, 0.15) is 38.3 Å². The lowest BCUT2D eigenvalue weighted by Gasteiger charge is -2.26. The van der Waals surface area contributed by atoms with Gasteiger partial charge >= 0.3 is 0 Å². The lowest BCUT2D eigenvalue weighted by molar-refractivity contribution is 0.361. The molecule has 0 fully saturated rings. The van der Waals surface area contributed by atoms with Gasteiger partial charge < -0.3 is 5.32 Å². The summed E-state index contributed by atoms with van der Waals surface area (Å²) < 4.78 is 0. The van der Waals surface area contributed by atoms with Crippen LogP contribution in [0.15, 0.2) is 36.5 Å². The molecule has 2 aromatic rings. The topological polar surface area (TPSA) is 24.9 Å². The number of aromatic nitrogens is 1. The van der Waals surface area contributed by atoms with Crippen LogP contribution in [0.5, 0.6) is 0 Å². The van der Waals surface area contributed by atoms with E-state index in [9.17, 15) is 0 Å². The number of hydrogen-bond donors (Lipinski definition) is 1. The molecule has 2 nitrogen and oxygen atoms in total. The summed E-state index contributed by atoms with van der Waals surface area (Å²) in [5, 5.41) is 4.75. The fraction of sp³-hybridized carbons (Fsp3) is 0.438. The van der Waals surface area contributed by atoms with E-state index in [-0.39, 0.29) is 0 Å². The minimum Gasteiger partial charge on any atom is -0.313 e. The van der Waals surface area contributed by atoms with Crippen molar-refractivity contribution in [3.63, 3.8) is 0 Å². The number of nitrogens with one attached hydrogen (secondary N) is 1. The van der Waals surface area contributed by atoms with E-state index in [0.717, 1.165) is 5.52 Å². The predicted octanol–water partition coefficient (Wildman–Crippen LogP) is 3.93. The van der Waals surface area contributed by atoms with Gasteiger partial charge in [0, 0.05) is 17.6 Å². The van der Waals surface area contributed by atoms with Crippen molar-refractivity contribution in [1.82, 2.24) is 10.3 Å². The molecule has 1 heterocycles. The largest absolute Gasteiger partial charge is 0.313 e. The molecule has 1 atom stereocenters. The van der Waals surface area contributed by atoms with Crippen LogP contribution < -0.4 is 5.32 Å². The van der Waals surface area contributed by atoms with Crippen molar-refractivity contribution in [2.45, 2.75) is 32.7 Å². The Balaban J connectivity index is 2.51. The van der Waals surface area contributed by atoms with Crippen LogP contribution in [-0.2, 0) is 0 Å². The Morgan fingerprint density at radius 3 is 2.56 bits per heavy atom. The van der Waals surface area contributed by atoms with Gasteiger partial charge in [-0.1, -0.05) is 44.9 Å². The maximum Gasteiger partial charge on any atom is 0.0705 e. The van der Waals surface area contributed by atoms with Gasteiger partial charge in [-0.2, -0.15) is 0 Å². The highest BCUT2D eigenvalue weighted by Crippen LogP contribution is 2.31. The Labute approximate surface area is 109 Å².